The molecular weight excluding hydrogens is 242 g/mol. The third kappa shape index (κ3) is 1.84. The van der Waals surface area contributed by atoms with Crippen LogP contribution in [0.2, 0.25) is 5.02 Å². The zero-order chi connectivity index (χ0) is 12.6. The Bertz CT molecular complexity index is 565. The average Bonchev–Trinajstić information content (AvgIpc) is 2.40. The van der Waals surface area contributed by atoms with Crippen LogP contribution in [0.15, 0.2) is 48.5 Å². The van der Waals surface area contributed by atoms with Crippen LogP contribution in [0, 0.1) is 0 Å². The Hall–Kier alpha value is -1.31. The van der Waals surface area contributed by atoms with Crippen molar-refractivity contribution in [2.75, 3.05) is 6.54 Å². The Morgan fingerprint density at radius 2 is 1.89 bits per heavy atom. The summed E-state index contributed by atoms with van der Waals surface area (Å²) < 4.78 is 0. The Morgan fingerprint density at radius 1 is 1.11 bits per heavy atom. The molecule has 92 valence electrons. The Kier molecular flexibility index (Phi) is 2.89. The maximum Gasteiger partial charge on any atom is 0.0664 e. The molecule has 0 bridgehead atoms. The second-order valence-electron chi connectivity index (χ2n) is 4.97. The minimum absolute atomic E-state index is 0.112. The highest BCUT2D eigenvalue weighted by molar-refractivity contribution is 6.30. The van der Waals surface area contributed by atoms with Crippen LogP contribution < -0.4 is 5.32 Å². The van der Waals surface area contributed by atoms with Gasteiger partial charge in [-0.2, -0.15) is 0 Å². The molecule has 0 aromatic heterocycles. The van der Waals surface area contributed by atoms with Crippen molar-refractivity contribution in [3.63, 3.8) is 0 Å². The predicted molar refractivity (Wildman–Crippen MR) is 76.1 cm³/mol. The number of hydrogen-bond donors (Lipinski definition) is 1. The van der Waals surface area contributed by atoms with Crippen LogP contribution in [0.3, 0.4) is 0 Å². The van der Waals surface area contributed by atoms with Crippen molar-refractivity contribution in [3.05, 3.63) is 70.2 Å². The first kappa shape index (κ1) is 11.8. The number of nitrogens with one attached hydrogen (secondary N) is 1. The second-order valence-corrected chi connectivity index (χ2v) is 5.41. The number of rotatable bonds is 1. The van der Waals surface area contributed by atoms with Crippen molar-refractivity contribution in [1.82, 2.24) is 5.32 Å². The van der Waals surface area contributed by atoms with Crippen LogP contribution in [-0.4, -0.2) is 6.54 Å². The van der Waals surface area contributed by atoms with E-state index in [1.807, 2.05) is 6.07 Å². The fourth-order valence-corrected chi connectivity index (χ4v) is 3.02. The summed E-state index contributed by atoms with van der Waals surface area (Å²) in [6.07, 6.45) is 1.04. The van der Waals surface area contributed by atoms with Crippen molar-refractivity contribution < 1.29 is 0 Å². The van der Waals surface area contributed by atoms with Gasteiger partial charge in [-0.25, -0.2) is 0 Å². The lowest BCUT2D eigenvalue weighted by Gasteiger charge is -2.38. The minimum atomic E-state index is -0.112. The summed E-state index contributed by atoms with van der Waals surface area (Å²) in [6.45, 7) is 3.23. The summed E-state index contributed by atoms with van der Waals surface area (Å²) in [5.74, 6) is 0. The molecule has 1 nitrogen and oxygen atoms in total. The number of benzene rings is 2. The molecule has 1 atom stereocenters. The molecular formula is C16H16ClN. The van der Waals surface area contributed by atoms with Gasteiger partial charge in [0.1, 0.15) is 0 Å². The number of hydrogen-bond acceptors (Lipinski definition) is 1. The maximum atomic E-state index is 6.10. The monoisotopic (exact) mass is 257 g/mol. The second kappa shape index (κ2) is 4.42. The molecule has 1 heterocycles. The third-order valence-electron chi connectivity index (χ3n) is 3.83. The molecule has 0 saturated carbocycles. The van der Waals surface area contributed by atoms with Gasteiger partial charge in [-0.3, -0.25) is 0 Å². The average molecular weight is 258 g/mol. The Labute approximate surface area is 113 Å². The first-order chi connectivity index (χ1) is 8.70. The van der Waals surface area contributed by atoms with Gasteiger partial charge in [0, 0.05) is 11.6 Å². The van der Waals surface area contributed by atoms with E-state index in [0.29, 0.717) is 0 Å². The molecule has 1 aliphatic heterocycles. The van der Waals surface area contributed by atoms with Crippen molar-refractivity contribution in [2.45, 2.75) is 18.9 Å². The van der Waals surface area contributed by atoms with E-state index in [1.165, 1.54) is 16.7 Å². The molecule has 1 N–H and O–H groups in total. The lowest BCUT2D eigenvalue weighted by Crippen LogP contribution is -2.45. The van der Waals surface area contributed by atoms with Gasteiger partial charge < -0.3 is 5.32 Å². The van der Waals surface area contributed by atoms with Crippen LogP contribution in [0.1, 0.15) is 23.6 Å². The van der Waals surface area contributed by atoms with Crippen molar-refractivity contribution in [1.29, 1.82) is 0 Å². The first-order valence-corrected chi connectivity index (χ1v) is 6.67. The minimum Gasteiger partial charge on any atom is -0.304 e. The van der Waals surface area contributed by atoms with Gasteiger partial charge in [0.25, 0.3) is 0 Å². The van der Waals surface area contributed by atoms with E-state index in [2.05, 4.69) is 54.7 Å². The van der Waals surface area contributed by atoms with Gasteiger partial charge in [-0.15, -0.1) is 0 Å². The van der Waals surface area contributed by atoms with E-state index in [1.54, 1.807) is 0 Å². The summed E-state index contributed by atoms with van der Waals surface area (Å²) in [5, 5.41) is 4.47. The number of halogens is 1. The highest BCUT2D eigenvalue weighted by Gasteiger charge is 2.33. The van der Waals surface area contributed by atoms with Crippen molar-refractivity contribution in [2.24, 2.45) is 0 Å². The van der Waals surface area contributed by atoms with Gasteiger partial charge >= 0.3 is 0 Å². The predicted octanol–water partition coefficient (Wildman–Crippen LogP) is 3.75. The molecule has 2 aromatic carbocycles. The summed E-state index contributed by atoms with van der Waals surface area (Å²) in [6, 6.07) is 16.8. The van der Waals surface area contributed by atoms with E-state index >= 15 is 0 Å². The smallest absolute Gasteiger partial charge is 0.0664 e. The lowest BCUT2D eigenvalue weighted by atomic mass is 9.79. The molecule has 2 aromatic rings. The molecule has 0 fully saturated rings. The van der Waals surface area contributed by atoms with Crippen molar-refractivity contribution in [3.8, 4) is 0 Å². The molecule has 0 saturated heterocycles. The molecule has 18 heavy (non-hydrogen) atoms. The molecule has 1 aliphatic rings. The van der Waals surface area contributed by atoms with Gasteiger partial charge in [0.05, 0.1) is 5.54 Å². The first-order valence-electron chi connectivity index (χ1n) is 6.29. The largest absolute Gasteiger partial charge is 0.304 e. The maximum absolute atomic E-state index is 6.10. The summed E-state index contributed by atoms with van der Waals surface area (Å²) in [7, 11) is 0. The summed E-state index contributed by atoms with van der Waals surface area (Å²) in [4.78, 5) is 0. The molecule has 1 unspecified atom stereocenters. The van der Waals surface area contributed by atoms with Crippen LogP contribution in [-0.2, 0) is 12.0 Å². The van der Waals surface area contributed by atoms with E-state index in [9.17, 15) is 0 Å². The zero-order valence-electron chi connectivity index (χ0n) is 10.4. The van der Waals surface area contributed by atoms with Crippen molar-refractivity contribution >= 4 is 11.6 Å². The van der Waals surface area contributed by atoms with E-state index < -0.39 is 0 Å². The molecule has 3 rings (SSSR count). The SMILES string of the molecule is CC1(c2ccccc2)NCCc2cc(Cl)ccc21. The van der Waals surface area contributed by atoms with Crippen LogP contribution in [0.25, 0.3) is 0 Å². The van der Waals surface area contributed by atoms with Gasteiger partial charge in [0.2, 0.25) is 0 Å². The third-order valence-corrected chi connectivity index (χ3v) is 4.07. The van der Waals surface area contributed by atoms with E-state index in [-0.39, 0.29) is 5.54 Å². The van der Waals surface area contributed by atoms with Gasteiger partial charge in [-0.05, 0) is 42.2 Å². The lowest BCUT2D eigenvalue weighted by molar-refractivity contribution is 0.415. The Balaban J connectivity index is 2.16. The fourth-order valence-electron chi connectivity index (χ4n) is 2.83. The van der Waals surface area contributed by atoms with Crippen LogP contribution in [0.5, 0.6) is 0 Å². The number of fused-ring (bicyclic) bond motifs is 1. The quantitative estimate of drug-likeness (QED) is 0.821. The van der Waals surface area contributed by atoms with Crippen LogP contribution >= 0.6 is 11.6 Å². The molecule has 0 radical (unpaired) electrons. The Morgan fingerprint density at radius 3 is 2.67 bits per heavy atom. The normalized spacial score (nSPS) is 22.6. The standard InChI is InChI=1S/C16H16ClN/c1-16(13-5-3-2-4-6-13)15-8-7-14(17)11-12(15)9-10-18-16/h2-8,11,18H,9-10H2,1H3. The summed E-state index contributed by atoms with van der Waals surface area (Å²) in [5.41, 5.74) is 3.88. The molecule has 2 heteroatoms. The highest BCUT2D eigenvalue weighted by atomic mass is 35.5. The zero-order valence-corrected chi connectivity index (χ0v) is 11.2. The van der Waals surface area contributed by atoms with E-state index in [4.69, 9.17) is 11.6 Å². The fraction of sp³-hybridized carbons (Fsp3) is 0.250. The molecule has 0 aliphatic carbocycles. The van der Waals surface area contributed by atoms with Gasteiger partial charge in [0.15, 0.2) is 0 Å². The molecule has 0 amide bonds. The van der Waals surface area contributed by atoms with Crippen LogP contribution in [0.4, 0.5) is 0 Å². The topological polar surface area (TPSA) is 12.0 Å². The highest BCUT2D eigenvalue weighted by Crippen LogP contribution is 2.35. The van der Waals surface area contributed by atoms with E-state index in [0.717, 1.165) is 18.0 Å². The molecule has 0 spiro atoms. The summed E-state index contributed by atoms with van der Waals surface area (Å²) >= 11 is 6.10. The van der Waals surface area contributed by atoms with Gasteiger partial charge in [-0.1, -0.05) is 48.0 Å².